The van der Waals surface area contributed by atoms with E-state index in [1.165, 1.54) is 50.3 Å². The molecule has 0 saturated carbocycles. The molecule has 1 unspecified atom stereocenters. The van der Waals surface area contributed by atoms with Crippen molar-refractivity contribution in [3.8, 4) is 0 Å². The first kappa shape index (κ1) is 13.4. The van der Waals surface area contributed by atoms with Crippen LogP contribution in [0, 0.1) is 5.92 Å². The van der Waals surface area contributed by atoms with E-state index in [-0.39, 0.29) is 0 Å². The van der Waals surface area contributed by atoms with Gasteiger partial charge in [-0.3, -0.25) is 0 Å². The summed E-state index contributed by atoms with van der Waals surface area (Å²) in [6.07, 6.45) is 5.64. The maximum Gasteiger partial charge on any atom is 0.00387 e. The number of hydrogen-bond acceptors (Lipinski definition) is 2. The SMILES string of the molecule is CCCN(CC1CCCCSC1)C(C)C. The highest BCUT2D eigenvalue weighted by Gasteiger charge is 2.17. The van der Waals surface area contributed by atoms with E-state index in [1.54, 1.807) is 0 Å². The third-order valence-electron chi connectivity index (χ3n) is 3.24. The molecular weight excluding hydrogens is 202 g/mol. The fourth-order valence-electron chi connectivity index (χ4n) is 2.29. The van der Waals surface area contributed by atoms with Crippen molar-refractivity contribution >= 4 is 11.8 Å². The molecule has 90 valence electrons. The summed E-state index contributed by atoms with van der Waals surface area (Å²) >= 11 is 2.17. The normalized spacial score (nSPS) is 23.4. The van der Waals surface area contributed by atoms with Crippen molar-refractivity contribution in [3.05, 3.63) is 0 Å². The van der Waals surface area contributed by atoms with Crippen LogP contribution in [0.4, 0.5) is 0 Å². The highest BCUT2D eigenvalue weighted by Crippen LogP contribution is 2.23. The Bertz CT molecular complexity index is 151. The predicted molar refractivity (Wildman–Crippen MR) is 71.7 cm³/mol. The largest absolute Gasteiger partial charge is 0.301 e. The van der Waals surface area contributed by atoms with Crippen LogP contribution in [0.2, 0.25) is 0 Å². The average Bonchev–Trinajstić information content (AvgIpc) is 2.45. The number of thioether (sulfide) groups is 1. The molecule has 0 aromatic carbocycles. The molecule has 1 aliphatic heterocycles. The smallest absolute Gasteiger partial charge is 0.00387 e. The van der Waals surface area contributed by atoms with Crippen molar-refractivity contribution in [3.63, 3.8) is 0 Å². The number of rotatable bonds is 5. The molecule has 1 nitrogen and oxygen atoms in total. The lowest BCUT2D eigenvalue weighted by atomic mass is 10.0. The number of hydrogen-bond donors (Lipinski definition) is 0. The summed E-state index contributed by atoms with van der Waals surface area (Å²) in [7, 11) is 0. The third kappa shape index (κ3) is 5.26. The first-order valence-corrected chi connectivity index (χ1v) is 7.71. The summed E-state index contributed by atoms with van der Waals surface area (Å²) in [6.45, 7) is 9.56. The van der Waals surface area contributed by atoms with Crippen molar-refractivity contribution in [2.24, 2.45) is 5.92 Å². The summed E-state index contributed by atoms with van der Waals surface area (Å²) < 4.78 is 0. The molecular formula is C13H27NS. The van der Waals surface area contributed by atoms with Gasteiger partial charge in [0.05, 0.1) is 0 Å². The predicted octanol–water partition coefficient (Wildman–Crippen LogP) is 3.64. The molecule has 1 fully saturated rings. The third-order valence-corrected chi connectivity index (χ3v) is 4.52. The van der Waals surface area contributed by atoms with Gasteiger partial charge in [0.1, 0.15) is 0 Å². The minimum absolute atomic E-state index is 0.721. The zero-order valence-corrected chi connectivity index (χ0v) is 11.5. The Morgan fingerprint density at radius 3 is 2.80 bits per heavy atom. The van der Waals surface area contributed by atoms with Gasteiger partial charge < -0.3 is 4.90 Å². The Labute approximate surface area is 100.0 Å². The van der Waals surface area contributed by atoms with Gasteiger partial charge in [-0.05, 0) is 57.1 Å². The van der Waals surface area contributed by atoms with Crippen molar-refractivity contribution in [2.75, 3.05) is 24.6 Å². The fraction of sp³-hybridized carbons (Fsp3) is 1.00. The maximum atomic E-state index is 2.66. The van der Waals surface area contributed by atoms with E-state index in [0.717, 1.165) is 12.0 Å². The first-order valence-electron chi connectivity index (χ1n) is 6.55. The molecule has 15 heavy (non-hydrogen) atoms. The highest BCUT2D eigenvalue weighted by atomic mass is 32.2. The monoisotopic (exact) mass is 229 g/mol. The molecule has 1 heterocycles. The van der Waals surface area contributed by atoms with Gasteiger partial charge in [0.25, 0.3) is 0 Å². The molecule has 0 spiro atoms. The standard InChI is InChI=1S/C13H27NS/c1-4-8-14(12(2)3)10-13-7-5-6-9-15-11-13/h12-13H,4-11H2,1-3H3. The molecule has 1 aliphatic rings. The molecule has 0 aromatic rings. The van der Waals surface area contributed by atoms with Crippen LogP contribution in [0.15, 0.2) is 0 Å². The lowest BCUT2D eigenvalue weighted by molar-refractivity contribution is 0.190. The fourth-order valence-corrected chi connectivity index (χ4v) is 3.47. The molecule has 0 aromatic heterocycles. The summed E-state index contributed by atoms with van der Waals surface area (Å²) in [5.74, 6) is 3.74. The Morgan fingerprint density at radius 1 is 1.33 bits per heavy atom. The van der Waals surface area contributed by atoms with Crippen LogP contribution in [0.1, 0.15) is 46.5 Å². The van der Waals surface area contributed by atoms with Gasteiger partial charge in [-0.25, -0.2) is 0 Å². The van der Waals surface area contributed by atoms with Gasteiger partial charge in [-0.1, -0.05) is 13.3 Å². The van der Waals surface area contributed by atoms with Crippen LogP contribution < -0.4 is 0 Å². The van der Waals surface area contributed by atoms with Gasteiger partial charge in [-0.2, -0.15) is 11.8 Å². The van der Waals surface area contributed by atoms with E-state index in [0.29, 0.717) is 0 Å². The van der Waals surface area contributed by atoms with Gasteiger partial charge in [0.15, 0.2) is 0 Å². The van der Waals surface area contributed by atoms with Crippen LogP contribution in [-0.2, 0) is 0 Å². The summed E-state index contributed by atoms with van der Waals surface area (Å²) in [6, 6.07) is 0.721. The van der Waals surface area contributed by atoms with Gasteiger partial charge in [-0.15, -0.1) is 0 Å². The molecule has 0 amide bonds. The van der Waals surface area contributed by atoms with E-state index in [1.807, 2.05) is 0 Å². The average molecular weight is 229 g/mol. The minimum atomic E-state index is 0.721. The maximum absolute atomic E-state index is 2.66. The Hall–Kier alpha value is 0.310. The molecule has 1 saturated heterocycles. The minimum Gasteiger partial charge on any atom is -0.301 e. The lowest BCUT2D eigenvalue weighted by Crippen LogP contribution is -2.36. The van der Waals surface area contributed by atoms with Crippen molar-refractivity contribution in [1.29, 1.82) is 0 Å². The van der Waals surface area contributed by atoms with Crippen LogP contribution >= 0.6 is 11.8 Å². The summed E-state index contributed by atoms with van der Waals surface area (Å²) in [5.41, 5.74) is 0. The molecule has 0 aliphatic carbocycles. The van der Waals surface area contributed by atoms with Gasteiger partial charge in [0.2, 0.25) is 0 Å². The zero-order chi connectivity index (χ0) is 11.1. The second kappa shape index (κ2) is 7.56. The van der Waals surface area contributed by atoms with E-state index in [2.05, 4.69) is 37.4 Å². The van der Waals surface area contributed by atoms with Crippen LogP contribution in [0.25, 0.3) is 0 Å². The van der Waals surface area contributed by atoms with Gasteiger partial charge >= 0.3 is 0 Å². The summed E-state index contributed by atoms with van der Waals surface area (Å²) in [4.78, 5) is 2.66. The van der Waals surface area contributed by atoms with E-state index in [9.17, 15) is 0 Å². The van der Waals surface area contributed by atoms with Crippen LogP contribution in [0.3, 0.4) is 0 Å². The van der Waals surface area contributed by atoms with Crippen LogP contribution in [0.5, 0.6) is 0 Å². The van der Waals surface area contributed by atoms with Crippen molar-refractivity contribution in [2.45, 2.75) is 52.5 Å². The number of nitrogens with zero attached hydrogens (tertiary/aromatic N) is 1. The first-order chi connectivity index (χ1) is 7.24. The lowest BCUT2D eigenvalue weighted by Gasteiger charge is -2.29. The Kier molecular flexibility index (Phi) is 6.74. The van der Waals surface area contributed by atoms with E-state index in [4.69, 9.17) is 0 Å². The Balaban J connectivity index is 2.34. The van der Waals surface area contributed by atoms with E-state index >= 15 is 0 Å². The second-order valence-electron chi connectivity index (χ2n) is 5.03. The second-order valence-corrected chi connectivity index (χ2v) is 6.18. The zero-order valence-electron chi connectivity index (χ0n) is 10.7. The molecule has 2 heteroatoms. The Morgan fingerprint density at radius 2 is 2.13 bits per heavy atom. The van der Waals surface area contributed by atoms with Crippen molar-refractivity contribution < 1.29 is 0 Å². The van der Waals surface area contributed by atoms with Crippen molar-refractivity contribution in [1.82, 2.24) is 4.90 Å². The summed E-state index contributed by atoms with van der Waals surface area (Å²) in [5, 5.41) is 0. The molecule has 1 atom stereocenters. The topological polar surface area (TPSA) is 3.24 Å². The molecule has 0 N–H and O–H groups in total. The molecule has 0 bridgehead atoms. The van der Waals surface area contributed by atoms with Crippen LogP contribution in [-0.4, -0.2) is 35.5 Å². The molecule has 0 radical (unpaired) electrons. The highest BCUT2D eigenvalue weighted by molar-refractivity contribution is 7.99. The molecule has 1 rings (SSSR count). The van der Waals surface area contributed by atoms with E-state index < -0.39 is 0 Å². The van der Waals surface area contributed by atoms with Gasteiger partial charge in [0, 0.05) is 12.6 Å². The quantitative estimate of drug-likeness (QED) is 0.708.